The van der Waals surface area contributed by atoms with E-state index < -0.39 is 5.56 Å². The number of aromatic hydroxyl groups is 1. The quantitative estimate of drug-likeness (QED) is 0.682. The van der Waals surface area contributed by atoms with Gasteiger partial charge in [-0.15, -0.1) is 0 Å². The Labute approximate surface area is 152 Å². The molecule has 0 amide bonds. The molecule has 2 atom stereocenters. The van der Waals surface area contributed by atoms with Crippen LogP contribution in [0, 0.1) is 0 Å². The number of carbonyl (C=O) groups is 1. The average Bonchev–Trinajstić information content (AvgIpc) is 2.90. The van der Waals surface area contributed by atoms with Crippen LogP contribution in [-0.2, 0) is 17.9 Å². The average molecular weight is 355 g/mol. The number of hydrogen-bond acceptors (Lipinski definition) is 5. The summed E-state index contributed by atoms with van der Waals surface area (Å²) in [6, 6.07) is 11.2. The molecular formula is C20H25N3O3. The fourth-order valence-corrected chi connectivity index (χ4v) is 3.34. The van der Waals surface area contributed by atoms with E-state index in [1.807, 2.05) is 30.3 Å². The van der Waals surface area contributed by atoms with Gasteiger partial charge >= 0.3 is 0 Å². The van der Waals surface area contributed by atoms with Crippen molar-refractivity contribution in [2.75, 3.05) is 6.54 Å². The fraction of sp³-hybridized carbons (Fsp3) is 0.400. The minimum Gasteiger partial charge on any atom is -0.503 e. The molecule has 2 aromatic rings. The lowest BCUT2D eigenvalue weighted by atomic mass is 10.0. The Kier molecular flexibility index (Phi) is 6.20. The zero-order chi connectivity index (χ0) is 18.4. The largest absolute Gasteiger partial charge is 0.503 e. The van der Waals surface area contributed by atoms with E-state index in [9.17, 15) is 14.7 Å². The topological polar surface area (TPSA) is 83.4 Å². The minimum absolute atomic E-state index is 0.00107. The maximum absolute atomic E-state index is 12.4. The predicted molar refractivity (Wildman–Crippen MR) is 100 cm³/mol. The van der Waals surface area contributed by atoms with Crippen molar-refractivity contribution in [3.8, 4) is 5.75 Å². The number of aromatic nitrogens is 1. The fourth-order valence-electron chi connectivity index (χ4n) is 3.34. The van der Waals surface area contributed by atoms with E-state index in [-0.39, 0.29) is 17.8 Å². The van der Waals surface area contributed by atoms with Crippen molar-refractivity contribution in [1.82, 2.24) is 15.2 Å². The monoisotopic (exact) mass is 355 g/mol. The molecule has 0 bridgehead atoms. The van der Waals surface area contributed by atoms with Crippen molar-refractivity contribution < 1.29 is 9.90 Å². The molecule has 2 heterocycles. The van der Waals surface area contributed by atoms with Crippen LogP contribution < -0.4 is 16.2 Å². The molecule has 1 aliphatic heterocycles. The third-order valence-corrected chi connectivity index (χ3v) is 4.88. The van der Waals surface area contributed by atoms with E-state index in [0.29, 0.717) is 18.7 Å². The van der Waals surface area contributed by atoms with Crippen molar-refractivity contribution in [1.29, 1.82) is 0 Å². The van der Waals surface area contributed by atoms with E-state index in [1.165, 1.54) is 4.57 Å². The first-order chi connectivity index (χ1) is 12.7. The van der Waals surface area contributed by atoms with E-state index in [1.54, 1.807) is 12.3 Å². The van der Waals surface area contributed by atoms with Crippen LogP contribution >= 0.6 is 0 Å². The second-order valence-electron chi connectivity index (χ2n) is 6.71. The first-order valence-electron chi connectivity index (χ1n) is 9.06. The van der Waals surface area contributed by atoms with Crippen molar-refractivity contribution in [3.05, 3.63) is 64.1 Å². The lowest BCUT2D eigenvalue weighted by Gasteiger charge is -2.22. The molecule has 1 fully saturated rings. The summed E-state index contributed by atoms with van der Waals surface area (Å²) in [5.74, 6) is -0.236. The Balaban J connectivity index is 1.70. The van der Waals surface area contributed by atoms with Crippen LogP contribution in [0.4, 0.5) is 0 Å². The number of carbonyl (C=O) groups excluding carboxylic acids is 1. The molecule has 0 spiro atoms. The summed E-state index contributed by atoms with van der Waals surface area (Å²) < 4.78 is 1.50. The van der Waals surface area contributed by atoms with E-state index in [0.717, 1.165) is 37.7 Å². The third kappa shape index (κ3) is 4.39. The van der Waals surface area contributed by atoms with Gasteiger partial charge in [0, 0.05) is 24.3 Å². The minimum atomic E-state index is -0.404. The highest BCUT2D eigenvalue weighted by Crippen LogP contribution is 2.14. The molecule has 1 aromatic carbocycles. The molecule has 0 aliphatic carbocycles. The second kappa shape index (κ2) is 8.78. The van der Waals surface area contributed by atoms with Crippen LogP contribution in [-0.4, -0.2) is 34.6 Å². The van der Waals surface area contributed by atoms with Gasteiger partial charge in [0.05, 0.1) is 12.6 Å². The lowest BCUT2D eigenvalue weighted by Crippen LogP contribution is -2.47. The summed E-state index contributed by atoms with van der Waals surface area (Å²) in [7, 11) is 0. The molecule has 138 valence electrons. The number of nitrogens with zero attached hydrogens (tertiary/aromatic N) is 1. The highest BCUT2D eigenvalue weighted by atomic mass is 16.3. The molecule has 3 N–H and O–H groups in total. The summed E-state index contributed by atoms with van der Waals surface area (Å²) >= 11 is 0. The van der Waals surface area contributed by atoms with Gasteiger partial charge in [-0.3, -0.25) is 4.79 Å². The Morgan fingerprint density at radius 1 is 1.23 bits per heavy atom. The number of benzene rings is 1. The molecule has 6 heteroatoms. The molecule has 26 heavy (non-hydrogen) atoms. The standard InChI is InChI=1S/C20H25N3O3/c24-14-18-17(8-4-5-10-21-18)22-12-16-9-11-23(20(26)19(16)25)13-15-6-2-1-3-7-15/h1-3,6-7,9,11,14,17-18,21-22,25H,4-5,8,10,12-13H2. The molecule has 0 radical (unpaired) electrons. The zero-order valence-corrected chi connectivity index (χ0v) is 14.7. The van der Waals surface area contributed by atoms with E-state index in [2.05, 4.69) is 10.6 Å². The Morgan fingerprint density at radius 3 is 2.81 bits per heavy atom. The SMILES string of the molecule is O=CC1NCCCCC1NCc1ccn(Cc2ccccc2)c(=O)c1O. The third-order valence-electron chi connectivity index (χ3n) is 4.88. The molecule has 6 nitrogen and oxygen atoms in total. The number of pyridine rings is 1. The van der Waals surface area contributed by atoms with Crippen LogP contribution in [0.2, 0.25) is 0 Å². The van der Waals surface area contributed by atoms with Crippen molar-refractivity contribution >= 4 is 6.29 Å². The number of hydrogen-bond donors (Lipinski definition) is 3. The smallest absolute Gasteiger partial charge is 0.293 e. The Bertz CT molecular complexity index is 789. The van der Waals surface area contributed by atoms with Gasteiger partial charge in [0.2, 0.25) is 0 Å². The van der Waals surface area contributed by atoms with Crippen LogP contribution in [0.3, 0.4) is 0 Å². The maximum Gasteiger partial charge on any atom is 0.293 e. The molecule has 2 unspecified atom stereocenters. The summed E-state index contributed by atoms with van der Waals surface area (Å²) in [6.07, 6.45) is 5.61. The van der Waals surface area contributed by atoms with Crippen molar-refractivity contribution in [2.45, 2.75) is 44.4 Å². The van der Waals surface area contributed by atoms with Crippen molar-refractivity contribution in [2.24, 2.45) is 0 Å². The molecule has 1 aromatic heterocycles. The number of aldehydes is 1. The van der Waals surface area contributed by atoms with E-state index in [4.69, 9.17) is 0 Å². The first-order valence-corrected chi connectivity index (χ1v) is 9.06. The normalized spacial score (nSPS) is 20.5. The molecule has 1 aliphatic rings. The number of nitrogens with one attached hydrogen (secondary N) is 2. The van der Waals surface area contributed by atoms with Gasteiger partial charge in [0.15, 0.2) is 5.75 Å². The molecule has 0 saturated carbocycles. The highest BCUT2D eigenvalue weighted by Gasteiger charge is 2.22. The van der Waals surface area contributed by atoms with Gasteiger partial charge < -0.3 is 25.1 Å². The maximum atomic E-state index is 12.4. The molecule has 3 rings (SSSR count). The highest BCUT2D eigenvalue weighted by molar-refractivity contribution is 5.59. The van der Waals surface area contributed by atoms with Crippen LogP contribution in [0.5, 0.6) is 5.75 Å². The Hall–Kier alpha value is -2.44. The molecule has 1 saturated heterocycles. The van der Waals surface area contributed by atoms with Crippen molar-refractivity contribution in [3.63, 3.8) is 0 Å². The Morgan fingerprint density at radius 2 is 2.04 bits per heavy atom. The van der Waals surface area contributed by atoms with Gasteiger partial charge in [-0.2, -0.15) is 0 Å². The van der Waals surface area contributed by atoms with E-state index >= 15 is 0 Å². The predicted octanol–water partition coefficient (Wildman–Crippen LogP) is 1.40. The van der Waals surface area contributed by atoms with Gasteiger partial charge in [-0.1, -0.05) is 36.8 Å². The summed E-state index contributed by atoms with van der Waals surface area (Å²) in [5, 5.41) is 16.8. The lowest BCUT2D eigenvalue weighted by molar-refractivity contribution is -0.110. The summed E-state index contributed by atoms with van der Waals surface area (Å²) in [5.41, 5.74) is 1.14. The second-order valence-corrected chi connectivity index (χ2v) is 6.71. The van der Waals surface area contributed by atoms with Gasteiger partial charge in [0.25, 0.3) is 5.56 Å². The summed E-state index contributed by atoms with van der Waals surface area (Å²) in [6.45, 7) is 1.60. The van der Waals surface area contributed by atoms with Crippen LogP contribution in [0.1, 0.15) is 30.4 Å². The molecular weight excluding hydrogens is 330 g/mol. The zero-order valence-electron chi connectivity index (χ0n) is 14.7. The van der Waals surface area contributed by atoms with Crippen LogP contribution in [0.25, 0.3) is 0 Å². The van der Waals surface area contributed by atoms with Gasteiger partial charge in [-0.05, 0) is 31.0 Å². The summed E-state index contributed by atoms with van der Waals surface area (Å²) in [4.78, 5) is 23.7. The van der Waals surface area contributed by atoms with Gasteiger partial charge in [0.1, 0.15) is 6.29 Å². The number of rotatable bonds is 6. The van der Waals surface area contributed by atoms with Gasteiger partial charge in [-0.25, -0.2) is 0 Å². The first kappa shape index (κ1) is 18.4. The van der Waals surface area contributed by atoms with Crippen LogP contribution in [0.15, 0.2) is 47.4 Å².